The Morgan fingerprint density at radius 1 is 0.769 bits per heavy atom. The SMILES string of the molecule is CCOC(=O)[C@@H]1C(C(=O)OCc2ccccc2)(C(=O)OCc2ccccc2)C[C@H](CC(=O)OC)[C@@]12C(=O)N(Cc1ccccc1)c1cc(F)ccc12. The normalized spacial score (nSPS) is 19.9. The number of anilines is 1. The Morgan fingerprint density at radius 2 is 1.31 bits per heavy atom. The molecule has 268 valence electrons. The molecule has 0 radical (unpaired) electrons. The maximum absolute atomic E-state index is 15.3. The topological polar surface area (TPSA) is 126 Å². The van der Waals surface area contributed by atoms with Crippen LogP contribution < -0.4 is 4.90 Å². The van der Waals surface area contributed by atoms with Gasteiger partial charge in [-0.15, -0.1) is 0 Å². The van der Waals surface area contributed by atoms with Crippen LogP contribution in [0.5, 0.6) is 0 Å². The summed E-state index contributed by atoms with van der Waals surface area (Å²) in [5.74, 6) is -8.53. The molecule has 11 heteroatoms. The summed E-state index contributed by atoms with van der Waals surface area (Å²) in [6, 6.07) is 30.1. The average molecular weight is 708 g/mol. The van der Waals surface area contributed by atoms with Gasteiger partial charge in [0.2, 0.25) is 5.91 Å². The number of esters is 4. The number of amides is 1. The number of nitrogens with zero attached hydrogens (tertiary/aromatic N) is 1. The molecule has 2 aliphatic rings. The van der Waals surface area contributed by atoms with Crippen LogP contribution in [0.15, 0.2) is 109 Å². The molecule has 3 atom stereocenters. The summed E-state index contributed by atoms with van der Waals surface area (Å²) < 4.78 is 37.4. The van der Waals surface area contributed by atoms with Gasteiger partial charge < -0.3 is 23.8 Å². The zero-order valence-corrected chi connectivity index (χ0v) is 28.8. The molecule has 1 spiro atoms. The van der Waals surface area contributed by atoms with Gasteiger partial charge in [0.1, 0.15) is 24.9 Å². The van der Waals surface area contributed by atoms with E-state index in [1.165, 1.54) is 24.1 Å². The highest BCUT2D eigenvalue weighted by Gasteiger charge is 2.78. The van der Waals surface area contributed by atoms with E-state index in [1.54, 1.807) is 97.9 Å². The highest BCUT2D eigenvalue weighted by atomic mass is 19.1. The molecule has 1 fully saturated rings. The van der Waals surface area contributed by atoms with Gasteiger partial charge in [-0.25, -0.2) is 4.39 Å². The van der Waals surface area contributed by atoms with Gasteiger partial charge in [-0.2, -0.15) is 0 Å². The highest BCUT2D eigenvalue weighted by Crippen LogP contribution is 2.66. The number of ether oxygens (including phenoxy) is 4. The fourth-order valence-corrected chi connectivity index (χ4v) is 7.73. The first kappa shape index (κ1) is 36.0. The van der Waals surface area contributed by atoms with Crippen LogP contribution in [0.1, 0.15) is 42.0 Å². The molecule has 0 bridgehead atoms. The first-order valence-electron chi connectivity index (χ1n) is 17.0. The van der Waals surface area contributed by atoms with Crippen molar-refractivity contribution in [2.45, 2.75) is 44.9 Å². The number of methoxy groups -OCH3 is 1. The van der Waals surface area contributed by atoms with E-state index >= 15 is 9.18 Å². The van der Waals surface area contributed by atoms with Crippen LogP contribution in [0.2, 0.25) is 0 Å². The molecule has 0 aromatic heterocycles. The van der Waals surface area contributed by atoms with Crippen molar-refractivity contribution in [1.82, 2.24) is 0 Å². The van der Waals surface area contributed by atoms with Gasteiger partial charge in [0.05, 0.1) is 31.4 Å². The first-order chi connectivity index (χ1) is 25.2. The minimum atomic E-state index is -2.49. The molecular weight excluding hydrogens is 669 g/mol. The fraction of sp³-hybridized carbons (Fsp3) is 0.293. The molecule has 4 aromatic carbocycles. The summed E-state index contributed by atoms with van der Waals surface area (Å²) in [6.07, 6.45) is -0.998. The van der Waals surface area contributed by atoms with E-state index in [0.717, 1.165) is 6.07 Å². The maximum atomic E-state index is 15.3. The van der Waals surface area contributed by atoms with E-state index in [4.69, 9.17) is 18.9 Å². The summed E-state index contributed by atoms with van der Waals surface area (Å²) in [7, 11) is 1.17. The van der Waals surface area contributed by atoms with Crippen molar-refractivity contribution in [2.24, 2.45) is 17.3 Å². The Hall–Kier alpha value is -5.84. The predicted molar refractivity (Wildman–Crippen MR) is 185 cm³/mol. The summed E-state index contributed by atoms with van der Waals surface area (Å²) in [5, 5.41) is 0. The molecule has 1 aliphatic carbocycles. The second-order valence-electron chi connectivity index (χ2n) is 12.9. The molecular formula is C41H38FNO9. The molecule has 0 saturated heterocycles. The van der Waals surface area contributed by atoms with Crippen molar-refractivity contribution >= 4 is 35.5 Å². The van der Waals surface area contributed by atoms with Gasteiger partial charge in [0.15, 0.2) is 5.41 Å². The standard InChI is InChI=1S/C41H38FNO9/c1-3-50-36(45)35-40(38(47)51-25-28-15-9-5-10-16-28,39(48)52-26-29-17-11-6-12-18-29)23-30(21-34(44)49-2)41(35)32-20-19-31(42)22-33(32)43(37(41)46)24-27-13-7-4-8-14-27/h4-20,22,30,35H,3,21,23-26H2,1-2H3/t30-,35+,41-/m0/s1. The van der Waals surface area contributed by atoms with E-state index < -0.39 is 71.1 Å². The van der Waals surface area contributed by atoms with Crippen molar-refractivity contribution in [3.8, 4) is 0 Å². The lowest BCUT2D eigenvalue weighted by Gasteiger charge is -2.37. The molecule has 52 heavy (non-hydrogen) atoms. The lowest BCUT2D eigenvalue weighted by molar-refractivity contribution is -0.185. The Morgan fingerprint density at radius 3 is 1.83 bits per heavy atom. The van der Waals surface area contributed by atoms with Crippen LogP contribution in [0.3, 0.4) is 0 Å². The van der Waals surface area contributed by atoms with Crippen molar-refractivity contribution in [1.29, 1.82) is 0 Å². The molecule has 1 amide bonds. The van der Waals surface area contributed by atoms with Crippen LogP contribution in [-0.2, 0) is 68.1 Å². The van der Waals surface area contributed by atoms with Crippen LogP contribution >= 0.6 is 0 Å². The number of carbonyl (C=O) groups excluding carboxylic acids is 5. The quantitative estimate of drug-likeness (QED) is 0.101. The van der Waals surface area contributed by atoms with Crippen LogP contribution in [0.4, 0.5) is 10.1 Å². The third-order valence-corrected chi connectivity index (χ3v) is 9.96. The van der Waals surface area contributed by atoms with E-state index in [2.05, 4.69) is 0 Å². The summed E-state index contributed by atoms with van der Waals surface area (Å²) in [5.41, 5.74) is -2.40. The predicted octanol–water partition coefficient (Wildman–Crippen LogP) is 5.85. The van der Waals surface area contributed by atoms with Gasteiger partial charge in [-0.3, -0.25) is 24.0 Å². The number of fused-ring (bicyclic) bond motifs is 2. The summed E-state index contributed by atoms with van der Waals surface area (Å²) in [4.78, 5) is 73.9. The molecule has 1 saturated carbocycles. The number of hydrogen-bond acceptors (Lipinski definition) is 9. The molecule has 0 N–H and O–H groups in total. The summed E-state index contributed by atoms with van der Waals surface area (Å²) in [6.45, 7) is 0.804. The molecule has 1 aliphatic heterocycles. The van der Waals surface area contributed by atoms with Crippen LogP contribution in [-0.4, -0.2) is 43.5 Å². The third-order valence-electron chi connectivity index (χ3n) is 9.96. The maximum Gasteiger partial charge on any atom is 0.324 e. The largest absolute Gasteiger partial charge is 0.469 e. The lowest BCUT2D eigenvalue weighted by Crippen LogP contribution is -2.56. The van der Waals surface area contributed by atoms with Gasteiger partial charge >= 0.3 is 23.9 Å². The molecule has 6 rings (SSSR count). The van der Waals surface area contributed by atoms with Crippen LogP contribution in [0.25, 0.3) is 0 Å². The van der Waals surface area contributed by atoms with E-state index in [0.29, 0.717) is 16.7 Å². The zero-order chi connectivity index (χ0) is 36.9. The second-order valence-corrected chi connectivity index (χ2v) is 12.9. The smallest absolute Gasteiger partial charge is 0.324 e. The van der Waals surface area contributed by atoms with Gasteiger partial charge in [0, 0.05) is 6.42 Å². The molecule has 10 nitrogen and oxygen atoms in total. The van der Waals surface area contributed by atoms with Crippen molar-refractivity contribution < 1.29 is 47.3 Å². The van der Waals surface area contributed by atoms with Crippen molar-refractivity contribution in [3.05, 3.63) is 137 Å². The number of halogens is 1. The number of benzene rings is 4. The summed E-state index contributed by atoms with van der Waals surface area (Å²) >= 11 is 0. The van der Waals surface area contributed by atoms with Gasteiger partial charge in [-0.05, 0) is 53.6 Å². The highest BCUT2D eigenvalue weighted by molar-refractivity contribution is 6.15. The Balaban J connectivity index is 1.57. The molecule has 1 heterocycles. The Kier molecular flexibility index (Phi) is 10.5. The zero-order valence-electron chi connectivity index (χ0n) is 28.8. The fourth-order valence-electron chi connectivity index (χ4n) is 7.73. The minimum absolute atomic E-state index is 0.0394. The van der Waals surface area contributed by atoms with E-state index in [9.17, 15) is 19.2 Å². The Bertz CT molecular complexity index is 1900. The number of carbonyl (C=O) groups is 5. The number of hydrogen-bond donors (Lipinski definition) is 0. The third kappa shape index (κ3) is 6.42. The van der Waals surface area contributed by atoms with Crippen LogP contribution in [0, 0.1) is 23.1 Å². The van der Waals surface area contributed by atoms with Crippen molar-refractivity contribution in [2.75, 3.05) is 18.6 Å². The second kappa shape index (κ2) is 15.2. The Labute approximate surface area is 300 Å². The van der Waals surface area contributed by atoms with E-state index in [-0.39, 0.29) is 37.6 Å². The number of rotatable bonds is 12. The minimum Gasteiger partial charge on any atom is -0.469 e. The molecule has 0 unspecified atom stereocenters. The van der Waals surface area contributed by atoms with Gasteiger partial charge in [-0.1, -0.05) is 97.1 Å². The lowest BCUT2D eigenvalue weighted by atomic mass is 9.63. The molecule has 4 aromatic rings. The first-order valence-corrected chi connectivity index (χ1v) is 17.0. The average Bonchev–Trinajstić information content (AvgIpc) is 3.59. The van der Waals surface area contributed by atoms with Crippen molar-refractivity contribution in [3.63, 3.8) is 0 Å². The monoisotopic (exact) mass is 707 g/mol. The van der Waals surface area contributed by atoms with Gasteiger partial charge in [0.25, 0.3) is 0 Å². The van der Waals surface area contributed by atoms with E-state index in [1.807, 2.05) is 0 Å².